The van der Waals surface area contributed by atoms with Crippen molar-refractivity contribution in [2.24, 2.45) is 71.0 Å². The minimum atomic E-state index is 1.05. The summed E-state index contributed by atoms with van der Waals surface area (Å²) in [6.45, 7) is 5.44. The molecule has 0 spiro atoms. The first-order valence-electron chi connectivity index (χ1n) is 14.8. The zero-order valence-corrected chi connectivity index (χ0v) is 20.2. The van der Waals surface area contributed by atoms with E-state index in [0.717, 1.165) is 71.0 Å². The van der Waals surface area contributed by atoms with Crippen LogP contribution in [-0.4, -0.2) is 0 Å². The van der Waals surface area contributed by atoms with E-state index in [9.17, 15) is 0 Å². The maximum Gasteiger partial charge on any atom is -0.0318 e. The fourth-order valence-corrected chi connectivity index (χ4v) is 11.7. The first-order valence-corrected chi connectivity index (χ1v) is 14.8. The molecule has 0 nitrogen and oxygen atoms in total. The lowest BCUT2D eigenvalue weighted by Gasteiger charge is -2.63. The number of rotatable bonds is 1. The van der Waals surface area contributed by atoms with Gasteiger partial charge in [-0.05, 0) is 122 Å². The van der Waals surface area contributed by atoms with Crippen molar-refractivity contribution >= 4 is 0 Å². The summed E-state index contributed by atoms with van der Waals surface area (Å²) < 4.78 is 0. The molecule has 0 aliphatic heterocycles. The van der Waals surface area contributed by atoms with Crippen molar-refractivity contribution in [1.82, 2.24) is 0 Å². The van der Waals surface area contributed by atoms with Gasteiger partial charge in [0, 0.05) is 0 Å². The van der Waals surface area contributed by atoms with Crippen LogP contribution < -0.4 is 0 Å². The van der Waals surface area contributed by atoms with Gasteiger partial charge in [-0.15, -0.1) is 0 Å². The van der Waals surface area contributed by atoms with E-state index in [1.54, 1.807) is 103 Å². The molecule has 6 rings (SSSR count). The van der Waals surface area contributed by atoms with Crippen molar-refractivity contribution in [2.75, 3.05) is 0 Å². The third-order valence-corrected chi connectivity index (χ3v) is 12.6. The van der Waals surface area contributed by atoms with Crippen LogP contribution in [0.25, 0.3) is 0 Å². The average molecular weight is 411 g/mol. The summed E-state index contributed by atoms with van der Waals surface area (Å²) in [5.41, 5.74) is 0. The van der Waals surface area contributed by atoms with Crippen molar-refractivity contribution in [3.63, 3.8) is 0 Å². The molecule has 170 valence electrons. The smallest absolute Gasteiger partial charge is 0.0318 e. The molecule has 6 aliphatic carbocycles. The van der Waals surface area contributed by atoms with Crippen molar-refractivity contribution in [3.8, 4) is 0 Å². The van der Waals surface area contributed by atoms with E-state index in [0.29, 0.717) is 0 Å². The van der Waals surface area contributed by atoms with E-state index in [1.165, 1.54) is 0 Å². The SMILES string of the molecule is CC1C2CCCCC2C(C2C3CCCCC3C(C)C3CCCCC32)C2CCCCC12. The fourth-order valence-electron chi connectivity index (χ4n) is 11.7. The fraction of sp³-hybridized carbons (Fsp3) is 1.00. The number of hydrogen-bond acceptors (Lipinski definition) is 0. The summed E-state index contributed by atoms with van der Waals surface area (Å²) in [4.78, 5) is 0. The van der Waals surface area contributed by atoms with Gasteiger partial charge in [0.25, 0.3) is 0 Å². The minimum Gasteiger partial charge on any atom is -0.0620 e. The third-order valence-electron chi connectivity index (χ3n) is 12.6. The molecule has 0 amide bonds. The number of fused-ring (bicyclic) bond motifs is 4. The van der Waals surface area contributed by atoms with Gasteiger partial charge in [0.05, 0.1) is 0 Å². The van der Waals surface area contributed by atoms with Crippen LogP contribution in [0.2, 0.25) is 0 Å². The van der Waals surface area contributed by atoms with Gasteiger partial charge in [0.2, 0.25) is 0 Å². The molecule has 0 aromatic carbocycles. The van der Waals surface area contributed by atoms with Gasteiger partial charge in [0.15, 0.2) is 0 Å². The molecule has 0 aromatic rings. The zero-order valence-electron chi connectivity index (χ0n) is 20.2. The highest BCUT2D eigenvalue weighted by molar-refractivity contribution is 5.07. The molecule has 6 aliphatic rings. The Morgan fingerprint density at radius 3 is 0.733 bits per heavy atom. The van der Waals surface area contributed by atoms with Crippen LogP contribution in [0.4, 0.5) is 0 Å². The van der Waals surface area contributed by atoms with Crippen molar-refractivity contribution < 1.29 is 0 Å². The quantitative estimate of drug-likeness (QED) is 0.405. The van der Waals surface area contributed by atoms with Crippen LogP contribution in [0.5, 0.6) is 0 Å². The molecule has 8 unspecified atom stereocenters. The highest BCUT2D eigenvalue weighted by Gasteiger charge is 2.58. The average Bonchev–Trinajstić information content (AvgIpc) is 2.81. The van der Waals surface area contributed by atoms with Gasteiger partial charge < -0.3 is 0 Å². The lowest BCUT2D eigenvalue weighted by molar-refractivity contribution is -0.151. The Kier molecular flexibility index (Phi) is 5.77. The second kappa shape index (κ2) is 8.41. The lowest BCUT2D eigenvalue weighted by atomic mass is 9.41. The van der Waals surface area contributed by atoms with Gasteiger partial charge in [-0.2, -0.15) is 0 Å². The van der Waals surface area contributed by atoms with E-state index in [2.05, 4.69) is 13.8 Å². The van der Waals surface area contributed by atoms with Crippen LogP contribution in [0.1, 0.15) is 117 Å². The number of hydrogen-bond donors (Lipinski definition) is 0. The Morgan fingerprint density at radius 1 is 0.300 bits per heavy atom. The molecule has 8 atom stereocenters. The van der Waals surface area contributed by atoms with E-state index in [4.69, 9.17) is 0 Å². The highest BCUT2D eigenvalue weighted by atomic mass is 14.6. The maximum absolute atomic E-state index is 2.72. The van der Waals surface area contributed by atoms with Crippen LogP contribution >= 0.6 is 0 Å². The molecule has 0 radical (unpaired) electrons. The molecule has 0 N–H and O–H groups in total. The lowest BCUT2D eigenvalue weighted by Crippen LogP contribution is -2.57. The normalized spacial score (nSPS) is 56.2. The van der Waals surface area contributed by atoms with Crippen LogP contribution in [0, 0.1) is 71.0 Å². The van der Waals surface area contributed by atoms with Crippen LogP contribution in [0.15, 0.2) is 0 Å². The predicted molar refractivity (Wildman–Crippen MR) is 127 cm³/mol. The second-order valence-corrected chi connectivity index (χ2v) is 13.3. The zero-order chi connectivity index (χ0) is 20.2. The predicted octanol–water partition coefficient (Wildman–Crippen LogP) is 8.74. The standard InChI is InChI=1S/C30H50/c1-19-21-11-3-7-15-25(21)29(26-16-8-4-12-22(19)26)30-27-17-9-5-13-23(27)20(2)24-14-6-10-18-28(24)30/h19-30H,3-18H2,1-2H3. The Balaban J connectivity index is 1.41. The Labute approximate surface area is 187 Å². The first-order chi connectivity index (χ1) is 14.8. The van der Waals surface area contributed by atoms with Crippen molar-refractivity contribution in [1.29, 1.82) is 0 Å². The highest BCUT2D eigenvalue weighted by Crippen LogP contribution is 2.65. The molecule has 0 heteroatoms. The Morgan fingerprint density at radius 2 is 0.500 bits per heavy atom. The minimum absolute atomic E-state index is 1.05. The summed E-state index contributed by atoms with van der Waals surface area (Å²) in [5.74, 6) is 13.3. The summed E-state index contributed by atoms with van der Waals surface area (Å²) in [7, 11) is 0. The Bertz CT molecular complexity index is 493. The van der Waals surface area contributed by atoms with E-state index < -0.39 is 0 Å². The van der Waals surface area contributed by atoms with Gasteiger partial charge >= 0.3 is 0 Å². The van der Waals surface area contributed by atoms with E-state index in [-0.39, 0.29) is 0 Å². The molecular formula is C30H50. The van der Waals surface area contributed by atoms with E-state index >= 15 is 0 Å². The van der Waals surface area contributed by atoms with Gasteiger partial charge in [-0.25, -0.2) is 0 Å². The molecule has 0 heterocycles. The topological polar surface area (TPSA) is 0 Å². The monoisotopic (exact) mass is 410 g/mol. The maximum atomic E-state index is 2.72. The molecule has 0 aromatic heterocycles. The molecule has 30 heavy (non-hydrogen) atoms. The summed E-state index contributed by atoms with van der Waals surface area (Å²) in [5, 5.41) is 0. The molecule has 6 fully saturated rings. The summed E-state index contributed by atoms with van der Waals surface area (Å²) in [6.07, 6.45) is 25.3. The van der Waals surface area contributed by atoms with E-state index in [1.807, 2.05) is 0 Å². The molecule has 0 saturated heterocycles. The second-order valence-electron chi connectivity index (χ2n) is 13.3. The summed E-state index contributed by atoms with van der Waals surface area (Å²) >= 11 is 0. The van der Waals surface area contributed by atoms with Crippen molar-refractivity contribution in [2.45, 2.75) is 117 Å². The third kappa shape index (κ3) is 3.19. The van der Waals surface area contributed by atoms with Gasteiger partial charge in [-0.1, -0.05) is 65.2 Å². The largest absolute Gasteiger partial charge is 0.0620 e. The summed E-state index contributed by atoms with van der Waals surface area (Å²) in [6, 6.07) is 0. The van der Waals surface area contributed by atoms with Crippen LogP contribution in [0.3, 0.4) is 0 Å². The molecular weight excluding hydrogens is 360 g/mol. The molecule has 0 bridgehead atoms. The molecule has 6 saturated carbocycles. The van der Waals surface area contributed by atoms with Crippen molar-refractivity contribution in [3.05, 3.63) is 0 Å². The van der Waals surface area contributed by atoms with Gasteiger partial charge in [-0.3, -0.25) is 0 Å². The Hall–Kier alpha value is 0. The van der Waals surface area contributed by atoms with Gasteiger partial charge in [0.1, 0.15) is 0 Å². The van der Waals surface area contributed by atoms with Crippen LogP contribution in [-0.2, 0) is 0 Å². The first kappa shape index (κ1) is 20.6.